The van der Waals surface area contributed by atoms with Gasteiger partial charge in [-0.1, -0.05) is 0 Å². The predicted molar refractivity (Wildman–Crippen MR) is 179 cm³/mol. The molecule has 1 aromatic carbocycles. The lowest BCUT2D eigenvalue weighted by Gasteiger charge is -2.37. The molecule has 0 spiro atoms. The molecular formula is C32H52N8O4. The topological polar surface area (TPSA) is 153 Å². The molecule has 2 atom stereocenters. The SMILES string of the molecule is C=N/C=C(/N)C=NCCC(CCNC)CCN1CCN(c2ccc(C=O)c(C)c2)CC1.CNC(=O)C(CCC=O)N(C)C=O. The fourth-order valence-corrected chi connectivity index (χ4v) is 4.92. The van der Waals surface area contributed by atoms with E-state index in [1.807, 2.05) is 20.0 Å². The van der Waals surface area contributed by atoms with Gasteiger partial charge in [0.1, 0.15) is 18.6 Å². The van der Waals surface area contributed by atoms with Crippen LogP contribution in [0.1, 0.15) is 48.0 Å². The number of likely N-dealkylation sites (N-methyl/N-ethyl adjacent to an activating group) is 2. The van der Waals surface area contributed by atoms with E-state index in [1.54, 1.807) is 6.21 Å². The van der Waals surface area contributed by atoms with Crippen molar-refractivity contribution in [2.24, 2.45) is 21.6 Å². The minimum Gasteiger partial charge on any atom is -0.396 e. The average Bonchev–Trinajstić information content (AvgIpc) is 3.04. The highest BCUT2D eigenvalue weighted by molar-refractivity contribution is 5.83. The van der Waals surface area contributed by atoms with Crippen molar-refractivity contribution in [2.45, 2.75) is 45.1 Å². The second-order valence-electron chi connectivity index (χ2n) is 10.8. The Balaban J connectivity index is 0.000000627. The summed E-state index contributed by atoms with van der Waals surface area (Å²) in [4.78, 5) is 57.0. The number of aliphatic imine (C=N–C) groups is 2. The van der Waals surface area contributed by atoms with Crippen LogP contribution in [0.2, 0.25) is 0 Å². The Morgan fingerprint density at radius 1 is 1.11 bits per heavy atom. The lowest BCUT2D eigenvalue weighted by atomic mass is 9.97. The van der Waals surface area contributed by atoms with Gasteiger partial charge in [-0.2, -0.15) is 0 Å². The van der Waals surface area contributed by atoms with E-state index in [9.17, 15) is 19.2 Å². The van der Waals surface area contributed by atoms with Crippen molar-refractivity contribution in [3.63, 3.8) is 0 Å². The molecule has 2 amide bonds. The van der Waals surface area contributed by atoms with Crippen molar-refractivity contribution in [3.8, 4) is 0 Å². The first kappa shape index (κ1) is 38.1. The summed E-state index contributed by atoms with van der Waals surface area (Å²) in [5.74, 6) is 0.389. The Labute approximate surface area is 262 Å². The molecule has 4 N–H and O–H groups in total. The number of piperazine rings is 1. The quantitative estimate of drug-likeness (QED) is 0.158. The van der Waals surface area contributed by atoms with Gasteiger partial charge >= 0.3 is 0 Å². The van der Waals surface area contributed by atoms with E-state index in [0.29, 0.717) is 24.4 Å². The number of hydrogen-bond donors (Lipinski definition) is 3. The van der Waals surface area contributed by atoms with E-state index in [2.05, 4.69) is 49.3 Å². The lowest BCUT2D eigenvalue weighted by Crippen LogP contribution is -2.47. The van der Waals surface area contributed by atoms with Gasteiger partial charge < -0.3 is 31.0 Å². The van der Waals surface area contributed by atoms with Crippen LogP contribution in [0.3, 0.4) is 0 Å². The first-order valence-corrected chi connectivity index (χ1v) is 15.2. The number of aryl methyl sites for hydroxylation is 1. The maximum Gasteiger partial charge on any atom is 0.242 e. The number of nitrogens with one attached hydrogen (secondary N) is 2. The van der Waals surface area contributed by atoms with E-state index in [4.69, 9.17) is 5.73 Å². The number of rotatable bonds is 19. The van der Waals surface area contributed by atoms with Crippen molar-refractivity contribution in [2.75, 3.05) is 71.9 Å². The molecular weight excluding hydrogens is 560 g/mol. The Bertz CT molecular complexity index is 1090. The highest BCUT2D eigenvalue weighted by Crippen LogP contribution is 2.21. The van der Waals surface area contributed by atoms with E-state index >= 15 is 0 Å². The molecule has 2 rings (SSSR count). The molecule has 12 heteroatoms. The minimum absolute atomic E-state index is 0.253. The van der Waals surface area contributed by atoms with Crippen molar-refractivity contribution >= 4 is 43.5 Å². The summed E-state index contributed by atoms with van der Waals surface area (Å²) in [6, 6.07) is 5.57. The monoisotopic (exact) mass is 612 g/mol. The number of carbonyl (C=O) groups is 4. The number of carbonyl (C=O) groups excluding carboxylic acids is 4. The largest absolute Gasteiger partial charge is 0.396 e. The van der Waals surface area contributed by atoms with E-state index in [1.165, 1.54) is 37.3 Å². The summed E-state index contributed by atoms with van der Waals surface area (Å²) in [6.07, 6.45) is 9.46. The van der Waals surface area contributed by atoms with Crippen LogP contribution in [0.5, 0.6) is 0 Å². The maximum atomic E-state index is 11.2. The zero-order valence-corrected chi connectivity index (χ0v) is 26.9. The summed E-state index contributed by atoms with van der Waals surface area (Å²) in [5.41, 5.74) is 9.33. The van der Waals surface area contributed by atoms with Crippen LogP contribution >= 0.6 is 0 Å². The molecule has 2 unspecified atom stereocenters. The van der Waals surface area contributed by atoms with Crippen molar-refractivity contribution in [1.29, 1.82) is 0 Å². The van der Waals surface area contributed by atoms with Crippen LogP contribution in [0.15, 0.2) is 40.1 Å². The maximum absolute atomic E-state index is 11.2. The number of amides is 2. The van der Waals surface area contributed by atoms with Gasteiger partial charge in [-0.25, -0.2) is 0 Å². The Morgan fingerprint density at radius 3 is 2.41 bits per heavy atom. The zero-order valence-electron chi connectivity index (χ0n) is 26.9. The van der Waals surface area contributed by atoms with Gasteiger partial charge in [0, 0.05) is 70.7 Å². The first-order valence-electron chi connectivity index (χ1n) is 15.2. The Hall–Kier alpha value is -3.90. The summed E-state index contributed by atoms with van der Waals surface area (Å²) in [7, 11) is 5.01. The third-order valence-electron chi connectivity index (χ3n) is 7.69. The summed E-state index contributed by atoms with van der Waals surface area (Å²) >= 11 is 0. The molecule has 0 aliphatic carbocycles. The third kappa shape index (κ3) is 14.5. The van der Waals surface area contributed by atoms with Crippen LogP contribution < -0.4 is 21.3 Å². The van der Waals surface area contributed by atoms with Gasteiger partial charge in [-0.05, 0) is 89.1 Å². The van der Waals surface area contributed by atoms with Crippen molar-refractivity contribution in [3.05, 3.63) is 41.2 Å². The lowest BCUT2D eigenvalue weighted by molar-refractivity contribution is -0.131. The van der Waals surface area contributed by atoms with Crippen LogP contribution in [0.4, 0.5) is 5.69 Å². The van der Waals surface area contributed by atoms with Crippen LogP contribution in [0.25, 0.3) is 0 Å². The normalized spacial score (nSPS) is 15.1. The van der Waals surface area contributed by atoms with Crippen LogP contribution in [-0.2, 0) is 14.4 Å². The molecule has 1 aliphatic heterocycles. The summed E-state index contributed by atoms with van der Waals surface area (Å²) in [6.45, 7) is 12.5. The van der Waals surface area contributed by atoms with Gasteiger partial charge in [-0.3, -0.25) is 29.3 Å². The molecule has 1 aliphatic rings. The van der Waals surface area contributed by atoms with E-state index in [0.717, 1.165) is 82.4 Å². The summed E-state index contributed by atoms with van der Waals surface area (Å²) in [5, 5.41) is 5.70. The number of allylic oxidation sites excluding steroid dienone is 1. The van der Waals surface area contributed by atoms with E-state index < -0.39 is 6.04 Å². The molecule has 1 aromatic rings. The number of nitrogens with zero attached hydrogens (tertiary/aromatic N) is 5. The van der Waals surface area contributed by atoms with E-state index in [-0.39, 0.29) is 12.3 Å². The standard InChI is InChI=1S/C24H38N6O.C8H14N2O3/c1-20-16-24(5-4-22(20)19-31)30-14-12-29(13-15-30)11-8-21(6-9-26-2)7-10-28-18-23(25)17-27-3;1-9-8(13)7(4-3-5-11)10(2)6-12/h4-5,16-19,21,26H,3,6-15,25H2,1-2H3;5-7H,3-4H2,1-2H3,(H,9,13)/b23-17+,28-18?;. The second kappa shape index (κ2) is 22.6. The van der Waals surface area contributed by atoms with Gasteiger partial charge in [0.05, 0.1) is 11.9 Å². The van der Waals surface area contributed by atoms with Gasteiger partial charge in [0.15, 0.2) is 0 Å². The molecule has 0 saturated carbocycles. The smallest absolute Gasteiger partial charge is 0.242 e. The fourth-order valence-electron chi connectivity index (χ4n) is 4.92. The molecule has 44 heavy (non-hydrogen) atoms. The number of aldehydes is 2. The van der Waals surface area contributed by atoms with Crippen LogP contribution in [-0.4, -0.2) is 121 Å². The number of nitrogens with two attached hydrogens (primary N) is 1. The molecule has 244 valence electrons. The molecule has 1 heterocycles. The average molecular weight is 613 g/mol. The van der Waals surface area contributed by atoms with Crippen molar-refractivity contribution < 1.29 is 19.2 Å². The number of hydrogen-bond acceptors (Lipinski definition) is 10. The number of benzene rings is 1. The molecule has 12 nitrogen and oxygen atoms in total. The third-order valence-corrected chi connectivity index (χ3v) is 7.69. The van der Waals surface area contributed by atoms with Gasteiger partial charge in [0.25, 0.3) is 0 Å². The Morgan fingerprint density at radius 2 is 1.84 bits per heavy atom. The fraction of sp³-hybridized carbons (Fsp3) is 0.562. The summed E-state index contributed by atoms with van der Waals surface area (Å²) < 4.78 is 0. The zero-order chi connectivity index (χ0) is 32.7. The molecule has 1 saturated heterocycles. The minimum atomic E-state index is -0.548. The highest BCUT2D eigenvalue weighted by Gasteiger charge is 2.20. The van der Waals surface area contributed by atoms with Crippen LogP contribution in [0, 0.1) is 12.8 Å². The van der Waals surface area contributed by atoms with Crippen molar-refractivity contribution in [1.82, 2.24) is 20.4 Å². The van der Waals surface area contributed by atoms with Gasteiger partial charge in [0.2, 0.25) is 12.3 Å². The highest BCUT2D eigenvalue weighted by atomic mass is 16.2. The first-order chi connectivity index (χ1) is 21.2. The molecule has 0 bridgehead atoms. The van der Waals surface area contributed by atoms with Gasteiger partial charge in [-0.15, -0.1) is 0 Å². The second-order valence-corrected chi connectivity index (χ2v) is 10.8. The molecule has 0 aromatic heterocycles. The predicted octanol–water partition coefficient (Wildman–Crippen LogP) is 1.68. The molecule has 0 radical (unpaired) electrons. The Kier molecular flexibility index (Phi) is 19.6. The molecule has 1 fully saturated rings. The number of anilines is 1.